The standard InChI is InChI=1S/C22H31N5O4S/c1-6-32(29,30)22(3,4)18-13-19(27-11-12-31-14-15(27)2)26-20(25-18)16-7-9-17(10-8-16)24-21(28)23-5/h7-10,13,15H,6,11-12,14H2,1-5H3,(H2,23,24,28)/t15-/m0/s1. The molecule has 0 aliphatic carbocycles. The van der Waals surface area contributed by atoms with Crippen LogP contribution >= 0.6 is 0 Å². The van der Waals surface area contributed by atoms with E-state index in [2.05, 4.69) is 20.5 Å². The molecule has 3 rings (SSSR count). The van der Waals surface area contributed by atoms with Crippen molar-refractivity contribution in [3.05, 3.63) is 36.0 Å². The smallest absolute Gasteiger partial charge is 0.318 e. The van der Waals surface area contributed by atoms with Gasteiger partial charge in [-0.25, -0.2) is 23.2 Å². The SMILES string of the molecule is CCS(=O)(=O)C(C)(C)c1cc(N2CCOC[C@@H]2C)nc(-c2ccc(NC(=O)NC)cc2)n1. The van der Waals surface area contributed by atoms with E-state index < -0.39 is 14.6 Å². The fourth-order valence-corrected chi connectivity index (χ4v) is 4.65. The molecule has 2 N–H and O–H groups in total. The van der Waals surface area contributed by atoms with Crippen LogP contribution in [0.2, 0.25) is 0 Å². The summed E-state index contributed by atoms with van der Waals surface area (Å²) in [5.74, 6) is 1.12. The highest BCUT2D eigenvalue weighted by atomic mass is 32.2. The molecular formula is C22H31N5O4S. The number of anilines is 2. The molecule has 1 aliphatic heterocycles. The van der Waals surface area contributed by atoms with E-state index >= 15 is 0 Å². The number of sulfone groups is 1. The summed E-state index contributed by atoms with van der Waals surface area (Å²) in [5, 5.41) is 5.21. The first-order chi connectivity index (χ1) is 15.1. The lowest BCUT2D eigenvalue weighted by Crippen LogP contribution is -2.44. The molecule has 1 aromatic heterocycles. The van der Waals surface area contributed by atoms with Crippen LogP contribution in [0.25, 0.3) is 11.4 Å². The lowest BCUT2D eigenvalue weighted by atomic mass is 10.1. The minimum atomic E-state index is -3.42. The molecule has 32 heavy (non-hydrogen) atoms. The molecule has 0 unspecified atom stereocenters. The van der Waals surface area contributed by atoms with Gasteiger partial charge in [-0.1, -0.05) is 6.92 Å². The van der Waals surface area contributed by atoms with Gasteiger partial charge in [0, 0.05) is 36.7 Å². The van der Waals surface area contributed by atoms with Crippen LogP contribution < -0.4 is 15.5 Å². The number of aromatic nitrogens is 2. The second-order valence-electron chi connectivity index (χ2n) is 8.25. The summed E-state index contributed by atoms with van der Waals surface area (Å²) >= 11 is 0. The Bertz CT molecular complexity index is 1070. The number of carbonyl (C=O) groups excluding carboxylic acids is 1. The minimum absolute atomic E-state index is 0.0164. The number of nitrogens with zero attached hydrogens (tertiary/aromatic N) is 3. The van der Waals surface area contributed by atoms with Gasteiger partial charge in [-0.3, -0.25) is 0 Å². The topological polar surface area (TPSA) is 114 Å². The molecule has 2 amide bonds. The molecule has 0 spiro atoms. The molecule has 0 saturated carbocycles. The summed E-state index contributed by atoms with van der Waals surface area (Å²) in [6, 6.07) is 8.68. The second-order valence-corrected chi connectivity index (χ2v) is 11.1. The van der Waals surface area contributed by atoms with E-state index in [-0.39, 0.29) is 17.8 Å². The molecule has 2 aromatic rings. The highest BCUT2D eigenvalue weighted by Gasteiger charge is 2.37. The van der Waals surface area contributed by atoms with Crippen molar-refractivity contribution in [3.63, 3.8) is 0 Å². The van der Waals surface area contributed by atoms with E-state index in [0.29, 0.717) is 42.8 Å². The van der Waals surface area contributed by atoms with Crippen LogP contribution in [-0.4, -0.2) is 63.0 Å². The molecule has 9 nitrogen and oxygen atoms in total. The van der Waals surface area contributed by atoms with Crippen LogP contribution in [0.4, 0.5) is 16.3 Å². The highest BCUT2D eigenvalue weighted by molar-refractivity contribution is 7.92. The van der Waals surface area contributed by atoms with Crippen LogP contribution in [0.1, 0.15) is 33.4 Å². The van der Waals surface area contributed by atoms with Gasteiger partial charge in [0.1, 0.15) is 10.6 Å². The molecule has 1 saturated heterocycles. The molecule has 1 aromatic carbocycles. The third-order valence-electron chi connectivity index (χ3n) is 5.78. The number of urea groups is 1. The monoisotopic (exact) mass is 461 g/mol. The van der Waals surface area contributed by atoms with Crippen molar-refractivity contribution in [3.8, 4) is 11.4 Å². The molecule has 0 bridgehead atoms. The first-order valence-corrected chi connectivity index (χ1v) is 12.3. The molecular weight excluding hydrogens is 430 g/mol. The number of nitrogens with one attached hydrogen (secondary N) is 2. The van der Waals surface area contributed by atoms with E-state index in [1.807, 2.05) is 6.92 Å². The number of morpholine rings is 1. The van der Waals surface area contributed by atoms with Crippen molar-refractivity contribution in [1.82, 2.24) is 15.3 Å². The van der Waals surface area contributed by atoms with Crippen LogP contribution in [0.15, 0.2) is 30.3 Å². The number of benzene rings is 1. The largest absolute Gasteiger partial charge is 0.377 e. The van der Waals surface area contributed by atoms with Gasteiger partial charge in [0.15, 0.2) is 15.7 Å². The van der Waals surface area contributed by atoms with E-state index in [4.69, 9.17) is 9.72 Å². The van der Waals surface area contributed by atoms with Crippen molar-refractivity contribution in [1.29, 1.82) is 0 Å². The molecule has 2 heterocycles. The number of rotatable bonds is 6. The minimum Gasteiger partial charge on any atom is -0.377 e. The predicted octanol–water partition coefficient (Wildman–Crippen LogP) is 2.79. The molecule has 10 heteroatoms. The summed E-state index contributed by atoms with van der Waals surface area (Å²) in [4.78, 5) is 23.1. The first kappa shape index (κ1) is 23.9. The Labute approximate surface area is 189 Å². The average Bonchev–Trinajstić information content (AvgIpc) is 2.79. The highest BCUT2D eigenvalue weighted by Crippen LogP contribution is 2.33. The van der Waals surface area contributed by atoms with E-state index in [0.717, 1.165) is 5.56 Å². The normalized spacial score (nSPS) is 17.2. The maximum Gasteiger partial charge on any atom is 0.318 e. The van der Waals surface area contributed by atoms with E-state index in [1.54, 1.807) is 58.2 Å². The van der Waals surface area contributed by atoms with Gasteiger partial charge in [0.2, 0.25) is 0 Å². The molecule has 1 aliphatic rings. The maximum atomic E-state index is 12.9. The lowest BCUT2D eigenvalue weighted by molar-refractivity contribution is 0.0985. The van der Waals surface area contributed by atoms with Crippen molar-refractivity contribution < 1.29 is 17.9 Å². The fourth-order valence-electron chi connectivity index (χ4n) is 3.50. The fraction of sp³-hybridized carbons (Fsp3) is 0.500. The van der Waals surface area contributed by atoms with E-state index in [1.165, 1.54) is 0 Å². The molecule has 1 fully saturated rings. The Morgan fingerprint density at radius 2 is 1.94 bits per heavy atom. The zero-order chi connectivity index (χ0) is 23.5. The Hall–Kier alpha value is -2.72. The Kier molecular flexibility index (Phi) is 7.04. The number of amides is 2. The number of carbonyl (C=O) groups is 1. The average molecular weight is 462 g/mol. The Morgan fingerprint density at radius 3 is 2.53 bits per heavy atom. The van der Waals surface area contributed by atoms with Crippen LogP contribution in [0.5, 0.6) is 0 Å². The molecule has 1 atom stereocenters. The van der Waals surface area contributed by atoms with Crippen molar-refractivity contribution in [2.45, 2.75) is 38.5 Å². The Balaban J connectivity index is 2.09. The van der Waals surface area contributed by atoms with Crippen molar-refractivity contribution in [2.24, 2.45) is 0 Å². The Morgan fingerprint density at radius 1 is 1.25 bits per heavy atom. The van der Waals surface area contributed by atoms with Gasteiger partial charge in [-0.15, -0.1) is 0 Å². The van der Waals surface area contributed by atoms with Crippen LogP contribution in [-0.2, 0) is 19.3 Å². The quantitative estimate of drug-likeness (QED) is 0.680. The summed E-state index contributed by atoms with van der Waals surface area (Å²) in [6.07, 6.45) is 0. The van der Waals surface area contributed by atoms with Crippen LogP contribution in [0.3, 0.4) is 0 Å². The lowest BCUT2D eigenvalue weighted by Gasteiger charge is -2.35. The van der Waals surface area contributed by atoms with Gasteiger partial charge < -0.3 is 20.3 Å². The van der Waals surface area contributed by atoms with Crippen molar-refractivity contribution >= 4 is 27.4 Å². The zero-order valence-corrected chi connectivity index (χ0v) is 20.0. The van der Waals surface area contributed by atoms with E-state index in [9.17, 15) is 13.2 Å². The summed E-state index contributed by atoms with van der Waals surface area (Å²) in [7, 11) is -1.88. The number of ether oxygens (including phenoxy) is 1. The zero-order valence-electron chi connectivity index (χ0n) is 19.2. The summed E-state index contributed by atoms with van der Waals surface area (Å²) < 4.78 is 30.1. The second kappa shape index (κ2) is 9.41. The summed E-state index contributed by atoms with van der Waals surface area (Å²) in [5.41, 5.74) is 1.80. The maximum absolute atomic E-state index is 12.9. The first-order valence-electron chi connectivity index (χ1n) is 10.6. The number of hydrogen-bond acceptors (Lipinski definition) is 7. The van der Waals surface area contributed by atoms with Gasteiger partial charge in [0.05, 0.1) is 24.9 Å². The van der Waals surface area contributed by atoms with Crippen molar-refractivity contribution in [2.75, 3.05) is 42.8 Å². The summed E-state index contributed by atoms with van der Waals surface area (Å²) in [6.45, 7) is 8.87. The van der Waals surface area contributed by atoms with Gasteiger partial charge in [0.25, 0.3) is 0 Å². The van der Waals surface area contributed by atoms with Gasteiger partial charge >= 0.3 is 6.03 Å². The third-order valence-corrected chi connectivity index (χ3v) is 8.30. The number of hydrogen-bond donors (Lipinski definition) is 2. The van der Waals surface area contributed by atoms with Crippen LogP contribution in [0, 0.1) is 0 Å². The molecule has 0 radical (unpaired) electrons. The van der Waals surface area contributed by atoms with Gasteiger partial charge in [-0.05, 0) is 45.0 Å². The van der Waals surface area contributed by atoms with Gasteiger partial charge in [-0.2, -0.15) is 0 Å². The predicted molar refractivity (Wildman–Crippen MR) is 126 cm³/mol. The molecule has 174 valence electrons. The third kappa shape index (κ3) is 4.86.